The van der Waals surface area contributed by atoms with E-state index in [4.69, 9.17) is 5.73 Å². The minimum Gasteiger partial charge on any atom is -0.383 e. The Morgan fingerprint density at radius 3 is 2.78 bits per heavy atom. The topological polar surface area (TPSA) is 38.9 Å². The maximum absolute atomic E-state index is 12.4. The molecule has 0 saturated heterocycles. The Kier molecular flexibility index (Phi) is 1.66. The molecule has 0 spiro atoms. The molecule has 9 heavy (non-hydrogen) atoms. The quantitative estimate of drug-likeness (QED) is 0.675. The van der Waals surface area contributed by atoms with Gasteiger partial charge in [-0.25, -0.2) is 9.37 Å². The Hall–Kier alpha value is -0.640. The van der Waals surface area contributed by atoms with Crippen molar-refractivity contribution in [3.63, 3.8) is 0 Å². The predicted molar refractivity (Wildman–Crippen MR) is 36.3 cm³/mol. The fourth-order valence-corrected chi connectivity index (χ4v) is 0.670. The Balaban J connectivity index is 3.25. The van der Waals surface area contributed by atoms with E-state index < -0.39 is 0 Å². The largest absolute Gasteiger partial charge is 0.383 e. The van der Waals surface area contributed by atoms with Gasteiger partial charge in [-0.1, -0.05) is 0 Å². The first-order valence-corrected chi connectivity index (χ1v) is 3.06. The molecule has 0 unspecified atom stereocenters. The standard InChI is InChI=1S/C5H4BrFN2/c6-4-3(7)1-2-9-5(4)8/h1-2H,(H2,8,9). The summed E-state index contributed by atoms with van der Waals surface area (Å²) in [7, 11) is 0. The number of halogens is 2. The van der Waals surface area contributed by atoms with Gasteiger partial charge in [0, 0.05) is 6.20 Å². The van der Waals surface area contributed by atoms with Crippen LogP contribution >= 0.6 is 15.9 Å². The fourth-order valence-electron chi connectivity index (χ4n) is 0.435. The lowest BCUT2D eigenvalue weighted by molar-refractivity contribution is 0.620. The van der Waals surface area contributed by atoms with Gasteiger partial charge in [0.1, 0.15) is 11.6 Å². The molecule has 1 aromatic heterocycles. The summed E-state index contributed by atoms with van der Waals surface area (Å²) in [5, 5.41) is 0. The number of anilines is 1. The third kappa shape index (κ3) is 1.18. The van der Waals surface area contributed by atoms with E-state index in [9.17, 15) is 4.39 Å². The van der Waals surface area contributed by atoms with Crippen LogP contribution in [-0.4, -0.2) is 4.98 Å². The molecule has 0 atom stereocenters. The van der Waals surface area contributed by atoms with Gasteiger partial charge in [-0.15, -0.1) is 0 Å². The van der Waals surface area contributed by atoms with Crippen molar-refractivity contribution in [1.29, 1.82) is 0 Å². The molecule has 0 aromatic carbocycles. The summed E-state index contributed by atoms with van der Waals surface area (Å²) in [5.74, 6) is -0.211. The molecule has 0 amide bonds. The van der Waals surface area contributed by atoms with Crippen LogP contribution in [0, 0.1) is 5.82 Å². The molecule has 0 aliphatic rings. The zero-order chi connectivity index (χ0) is 6.85. The lowest BCUT2D eigenvalue weighted by Crippen LogP contribution is -1.92. The van der Waals surface area contributed by atoms with Crippen molar-refractivity contribution in [3.8, 4) is 0 Å². The summed E-state index contributed by atoms with van der Waals surface area (Å²) in [5.41, 5.74) is 5.22. The molecule has 0 aliphatic heterocycles. The molecule has 2 nitrogen and oxygen atoms in total. The van der Waals surface area contributed by atoms with Gasteiger partial charge in [-0.05, 0) is 22.0 Å². The van der Waals surface area contributed by atoms with Gasteiger partial charge >= 0.3 is 0 Å². The molecule has 0 aliphatic carbocycles. The number of rotatable bonds is 0. The zero-order valence-electron chi connectivity index (χ0n) is 4.44. The molecule has 0 saturated carbocycles. The van der Waals surface area contributed by atoms with E-state index in [2.05, 4.69) is 20.9 Å². The molecule has 2 N–H and O–H groups in total. The number of nitrogen functional groups attached to an aromatic ring is 1. The second-order valence-electron chi connectivity index (χ2n) is 1.49. The van der Waals surface area contributed by atoms with Crippen molar-refractivity contribution in [2.24, 2.45) is 0 Å². The monoisotopic (exact) mass is 190 g/mol. The molecular weight excluding hydrogens is 187 g/mol. The maximum atomic E-state index is 12.4. The molecule has 0 fully saturated rings. The van der Waals surface area contributed by atoms with Crippen LogP contribution in [0.5, 0.6) is 0 Å². The van der Waals surface area contributed by atoms with Crippen molar-refractivity contribution in [3.05, 3.63) is 22.6 Å². The van der Waals surface area contributed by atoms with Crippen LogP contribution in [0.2, 0.25) is 0 Å². The minimum absolute atomic E-state index is 0.176. The number of hydrogen-bond donors (Lipinski definition) is 1. The first kappa shape index (κ1) is 6.48. The van der Waals surface area contributed by atoms with Crippen LogP contribution in [0.3, 0.4) is 0 Å². The van der Waals surface area contributed by atoms with Crippen molar-refractivity contribution in [2.45, 2.75) is 0 Å². The average molecular weight is 191 g/mol. The molecule has 0 bridgehead atoms. The number of nitrogens with zero attached hydrogens (tertiary/aromatic N) is 1. The van der Waals surface area contributed by atoms with Crippen LogP contribution in [-0.2, 0) is 0 Å². The van der Waals surface area contributed by atoms with E-state index >= 15 is 0 Å². The lowest BCUT2D eigenvalue weighted by Gasteiger charge is -1.94. The summed E-state index contributed by atoms with van der Waals surface area (Å²) in [6.45, 7) is 0. The Morgan fingerprint density at radius 1 is 1.67 bits per heavy atom. The van der Waals surface area contributed by atoms with Crippen LogP contribution in [0.25, 0.3) is 0 Å². The molecule has 4 heteroatoms. The number of pyridine rings is 1. The van der Waals surface area contributed by atoms with Crippen LogP contribution in [0.15, 0.2) is 16.7 Å². The van der Waals surface area contributed by atoms with Crippen molar-refractivity contribution in [2.75, 3.05) is 5.73 Å². The highest BCUT2D eigenvalue weighted by atomic mass is 79.9. The SMILES string of the molecule is Nc1nccc(F)c1Br. The Bertz CT molecular complexity index is 206. The first-order chi connectivity index (χ1) is 4.22. The molecular formula is C5H4BrFN2. The van der Waals surface area contributed by atoms with E-state index in [1.165, 1.54) is 12.3 Å². The highest BCUT2D eigenvalue weighted by Crippen LogP contribution is 2.18. The lowest BCUT2D eigenvalue weighted by atomic mass is 10.4. The normalized spacial score (nSPS) is 9.56. The summed E-state index contributed by atoms with van der Waals surface area (Å²) >= 11 is 2.92. The number of nitrogens with two attached hydrogens (primary N) is 1. The number of aromatic nitrogens is 1. The third-order valence-electron chi connectivity index (χ3n) is 0.869. The predicted octanol–water partition coefficient (Wildman–Crippen LogP) is 1.57. The summed E-state index contributed by atoms with van der Waals surface area (Å²) in [4.78, 5) is 3.63. The van der Waals surface area contributed by atoms with Gasteiger partial charge in [0.25, 0.3) is 0 Å². The van der Waals surface area contributed by atoms with Gasteiger partial charge < -0.3 is 5.73 Å². The molecule has 1 heterocycles. The smallest absolute Gasteiger partial charge is 0.142 e. The van der Waals surface area contributed by atoms with Crippen LogP contribution in [0.1, 0.15) is 0 Å². The first-order valence-electron chi connectivity index (χ1n) is 2.27. The maximum Gasteiger partial charge on any atom is 0.142 e. The molecule has 1 aromatic rings. The van der Waals surface area contributed by atoms with Gasteiger partial charge in [0.2, 0.25) is 0 Å². The van der Waals surface area contributed by atoms with Crippen molar-refractivity contribution < 1.29 is 4.39 Å². The second kappa shape index (κ2) is 2.31. The van der Waals surface area contributed by atoms with E-state index in [0.29, 0.717) is 0 Å². The Labute approximate surface area is 60.0 Å². The third-order valence-corrected chi connectivity index (χ3v) is 1.65. The van der Waals surface area contributed by atoms with Crippen molar-refractivity contribution >= 4 is 21.7 Å². The summed E-state index contributed by atoms with van der Waals surface area (Å²) in [6, 6.07) is 1.24. The highest BCUT2D eigenvalue weighted by Gasteiger charge is 2.00. The second-order valence-corrected chi connectivity index (χ2v) is 2.28. The van der Waals surface area contributed by atoms with Gasteiger partial charge in [0.15, 0.2) is 0 Å². The fraction of sp³-hybridized carbons (Fsp3) is 0. The van der Waals surface area contributed by atoms with Gasteiger partial charge in [-0.3, -0.25) is 0 Å². The van der Waals surface area contributed by atoms with Gasteiger partial charge in [-0.2, -0.15) is 0 Å². The van der Waals surface area contributed by atoms with E-state index in [-0.39, 0.29) is 16.1 Å². The summed E-state index contributed by atoms with van der Waals surface area (Å²) in [6.07, 6.45) is 1.31. The van der Waals surface area contributed by atoms with Crippen LogP contribution < -0.4 is 5.73 Å². The van der Waals surface area contributed by atoms with Crippen LogP contribution in [0.4, 0.5) is 10.2 Å². The zero-order valence-corrected chi connectivity index (χ0v) is 6.02. The average Bonchev–Trinajstić information content (AvgIpc) is 1.83. The van der Waals surface area contributed by atoms with Crippen molar-refractivity contribution in [1.82, 2.24) is 4.98 Å². The Morgan fingerprint density at radius 2 is 2.33 bits per heavy atom. The molecule has 48 valence electrons. The number of hydrogen-bond acceptors (Lipinski definition) is 2. The van der Waals surface area contributed by atoms with E-state index in [1.807, 2.05) is 0 Å². The highest BCUT2D eigenvalue weighted by molar-refractivity contribution is 9.10. The molecule has 0 radical (unpaired) electrons. The molecule has 1 rings (SSSR count). The minimum atomic E-state index is -0.387. The summed E-state index contributed by atoms with van der Waals surface area (Å²) < 4.78 is 12.6. The van der Waals surface area contributed by atoms with E-state index in [0.717, 1.165) is 0 Å². The van der Waals surface area contributed by atoms with Gasteiger partial charge in [0.05, 0.1) is 4.47 Å². The van der Waals surface area contributed by atoms with E-state index in [1.54, 1.807) is 0 Å².